The minimum atomic E-state index is -0.728. The molecule has 3 aromatic rings. The van der Waals surface area contributed by atoms with Gasteiger partial charge in [0, 0.05) is 6.61 Å². The van der Waals surface area contributed by atoms with Crippen LogP contribution in [0, 0.1) is 0 Å². The van der Waals surface area contributed by atoms with Crippen molar-refractivity contribution in [3.63, 3.8) is 0 Å². The molecule has 37 heavy (non-hydrogen) atoms. The van der Waals surface area contributed by atoms with Gasteiger partial charge in [-0.25, -0.2) is 0 Å². The normalized spacial score (nSPS) is 11.6. The van der Waals surface area contributed by atoms with Crippen molar-refractivity contribution in [3.8, 4) is 0 Å². The summed E-state index contributed by atoms with van der Waals surface area (Å²) in [5.41, 5.74) is 2.51. The molecule has 0 atom stereocenters. The highest BCUT2D eigenvalue weighted by atomic mass is 16.6. The Bertz CT molecular complexity index is 839. The molecule has 0 aliphatic heterocycles. The molecule has 0 N–H and O–H groups in total. The first-order valence-electron chi connectivity index (χ1n) is 13.1. The predicted octanol–water partition coefficient (Wildman–Crippen LogP) is 5.10. The molecule has 6 heteroatoms. The maximum Gasteiger partial charge on any atom is 0.143 e. The van der Waals surface area contributed by atoms with E-state index in [0.717, 1.165) is 16.7 Å². The van der Waals surface area contributed by atoms with Crippen LogP contribution in [0.2, 0.25) is 0 Å². The van der Waals surface area contributed by atoms with Gasteiger partial charge in [0.25, 0.3) is 0 Å². The predicted molar refractivity (Wildman–Crippen MR) is 145 cm³/mol. The number of benzene rings is 3. The van der Waals surface area contributed by atoms with Gasteiger partial charge in [0.15, 0.2) is 0 Å². The molecule has 0 aliphatic carbocycles. The van der Waals surface area contributed by atoms with E-state index in [1.807, 2.05) is 61.5 Å². The third-order valence-corrected chi connectivity index (χ3v) is 5.78. The van der Waals surface area contributed by atoms with E-state index in [2.05, 4.69) is 36.4 Å². The van der Waals surface area contributed by atoms with Crippen LogP contribution in [0.5, 0.6) is 0 Å². The molecule has 200 valence electrons. The smallest absolute Gasteiger partial charge is 0.143 e. The standard InChI is InChI=1S/C31H40O6/c1-2-32-18-19-33-20-21-34-22-23-35-24-25-36-26-27-37-31(28-12-6-3-7-13-28,29-14-8-4-9-15-29)30-16-10-5-11-17-30/h3-17H,2,18-27H2,1H3. The molecule has 0 saturated carbocycles. The first-order chi connectivity index (χ1) is 18.4. The van der Waals surface area contributed by atoms with Crippen LogP contribution in [0.15, 0.2) is 91.0 Å². The SMILES string of the molecule is CCOCCOCCOCCOCCOCCOC(c1ccccc1)(c1ccccc1)c1ccccc1. The lowest BCUT2D eigenvalue weighted by Gasteiger charge is -2.36. The Balaban J connectivity index is 1.41. The second-order valence-electron chi connectivity index (χ2n) is 8.27. The maximum atomic E-state index is 6.70. The Morgan fingerprint density at radius 3 is 1.03 bits per heavy atom. The van der Waals surface area contributed by atoms with Crippen LogP contribution >= 0.6 is 0 Å². The second-order valence-corrected chi connectivity index (χ2v) is 8.27. The van der Waals surface area contributed by atoms with Crippen LogP contribution in [0.4, 0.5) is 0 Å². The van der Waals surface area contributed by atoms with Gasteiger partial charge in [0.05, 0.1) is 66.1 Å². The Morgan fingerprint density at radius 2 is 0.703 bits per heavy atom. The van der Waals surface area contributed by atoms with Gasteiger partial charge in [-0.3, -0.25) is 0 Å². The van der Waals surface area contributed by atoms with Crippen molar-refractivity contribution in [1.29, 1.82) is 0 Å². The minimum absolute atomic E-state index is 0.436. The molecular formula is C31H40O6. The molecule has 0 radical (unpaired) electrons. The van der Waals surface area contributed by atoms with E-state index in [-0.39, 0.29) is 0 Å². The highest BCUT2D eigenvalue weighted by Gasteiger charge is 2.37. The van der Waals surface area contributed by atoms with Crippen molar-refractivity contribution in [2.24, 2.45) is 0 Å². The van der Waals surface area contributed by atoms with E-state index in [4.69, 9.17) is 28.4 Å². The molecule has 0 aliphatic rings. The summed E-state index contributed by atoms with van der Waals surface area (Å²) in [5, 5.41) is 0. The highest BCUT2D eigenvalue weighted by Crippen LogP contribution is 2.40. The molecule has 0 spiro atoms. The number of ether oxygens (including phenoxy) is 6. The molecule has 0 unspecified atom stereocenters. The van der Waals surface area contributed by atoms with Crippen LogP contribution < -0.4 is 0 Å². The minimum Gasteiger partial charge on any atom is -0.379 e. The summed E-state index contributed by atoms with van der Waals surface area (Å²) in [4.78, 5) is 0. The zero-order valence-corrected chi connectivity index (χ0v) is 21.9. The molecular weight excluding hydrogens is 468 g/mol. The first-order valence-corrected chi connectivity index (χ1v) is 13.1. The van der Waals surface area contributed by atoms with Crippen molar-refractivity contribution in [1.82, 2.24) is 0 Å². The van der Waals surface area contributed by atoms with Crippen molar-refractivity contribution in [3.05, 3.63) is 108 Å². The summed E-state index contributed by atoms with van der Waals surface area (Å²) in [6, 6.07) is 31.0. The molecule has 0 amide bonds. The quantitative estimate of drug-likeness (QED) is 0.156. The van der Waals surface area contributed by atoms with Crippen LogP contribution in [0.1, 0.15) is 23.6 Å². The van der Waals surface area contributed by atoms with E-state index >= 15 is 0 Å². The molecule has 0 fully saturated rings. The number of rotatable bonds is 20. The topological polar surface area (TPSA) is 55.4 Å². The zero-order valence-electron chi connectivity index (χ0n) is 21.9. The maximum absolute atomic E-state index is 6.70. The molecule has 0 aromatic heterocycles. The molecule has 0 bridgehead atoms. The summed E-state index contributed by atoms with van der Waals surface area (Å²) >= 11 is 0. The summed E-state index contributed by atoms with van der Waals surface area (Å²) in [5.74, 6) is 0. The fourth-order valence-electron chi connectivity index (χ4n) is 4.05. The lowest BCUT2D eigenvalue weighted by atomic mass is 9.80. The van der Waals surface area contributed by atoms with Crippen molar-refractivity contribution in [2.45, 2.75) is 12.5 Å². The largest absolute Gasteiger partial charge is 0.379 e. The Kier molecular flexibility index (Phi) is 13.9. The van der Waals surface area contributed by atoms with E-state index < -0.39 is 5.60 Å². The van der Waals surface area contributed by atoms with E-state index in [0.29, 0.717) is 72.7 Å². The third-order valence-electron chi connectivity index (χ3n) is 5.78. The number of hydrogen-bond acceptors (Lipinski definition) is 6. The molecule has 6 nitrogen and oxygen atoms in total. The fraction of sp³-hybridized carbons (Fsp3) is 0.419. The van der Waals surface area contributed by atoms with E-state index in [9.17, 15) is 0 Å². The molecule has 0 heterocycles. The van der Waals surface area contributed by atoms with Gasteiger partial charge in [-0.15, -0.1) is 0 Å². The summed E-state index contributed by atoms with van der Waals surface area (Å²) in [7, 11) is 0. The highest BCUT2D eigenvalue weighted by molar-refractivity contribution is 5.47. The second kappa shape index (κ2) is 17.8. The molecule has 0 saturated heterocycles. The van der Waals surface area contributed by atoms with Crippen molar-refractivity contribution in [2.75, 3.05) is 72.7 Å². The molecule has 3 aromatic carbocycles. The first kappa shape index (κ1) is 29.0. The van der Waals surface area contributed by atoms with Gasteiger partial charge in [-0.05, 0) is 23.6 Å². The van der Waals surface area contributed by atoms with Gasteiger partial charge in [-0.1, -0.05) is 91.0 Å². The lowest BCUT2D eigenvalue weighted by molar-refractivity contribution is -0.0390. The van der Waals surface area contributed by atoms with Crippen LogP contribution in [0.3, 0.4) is 0 Å². The van der Waals surface area contributed by atoms with Crippen LogP contribution in [-0.2, 0) is 34.0 Å². The summed E-state index contributed by atoms with van der Waals surface area (Å²) in [6.07, 6.45) is 0. The van der Waals surface area contributed by atoms with Crippen LogP contribution in [-0.4, -0.2) is 72.7 Å². The monoisotopic (exact) mass is 508 g/mol. The zero-order chi connectivity index (χ0) is 25.9. The summed E-state index contributed by atoms with van der Waals surface area (Å²) in [6.45, 7) is 7.98. The Hall–Kier alpha value is -2.58. The number of hydrogen-bond donors (Lipinski definition) is 0. The average molecular weight is 509 g/mol. The van der Waals surface area contributed by atoms with Crippen molar-refractivity contribution >= 4 is 0 Å². The van der Waals surface area contributed by atoms with Gasteiger partial charge in [0.1, 0.15) is 5.60 Å². The Morgan fingerprint density at radius 1 is 0.405 bits per heavy atom. The average Bonchev–Trinajstić information content (AvgIpc) is 2.96. The van der Waals surface area contributed by atoms with Crippen molar-refractivity contribution < 1.29 is 28.4 Å². The third kappa shape index (κ3) is 9.67. The van der Waals surface area contributed by atoms with Gasteiger partial charge >= 0.3 is 0 Å². The van der Waals surface area contributed by atoms with E-state index in [1.54, 1.807) is 0 Å². The Labute approximate surface area is 221 Å². The van der Waals surface area contributed by atoms with Crippen LogP contribution in [0.25, 0.3) is 0 Å². The molecule has 3 rings (SSSR count). The van der Waals surface area contributed by atoms with Gasteiger partial charge in [0.2, 0.25) is 0 Å². The van der Waals surface area contributed by atoms with E-state index in [1.165, 1.54) is 0 Å². The summed E-state index contributed by atoms with van der Waals surface area (Å²) < 4.78 is 34.2. The lowest BCUT2D eigenvalue weighted by Crippen LogP contribution is -2.34. The van der Waals surface area contributed by atoms with Gasteiger partial charge < -0.3 is 28.4 Å². The fourth-order valence-corrected chi connectivity index (χ4v) is 4.05. The van der Waals surface area contributed by atoms with Gasteiger partial charge in [-0.2, -0.15) is 0 Å².